The molecule has 3 rings (SSSR count). The Morgan fingerprint density at radius 3 is 2.71 bits per heavy atom. The molecule has 0 aliphatic heterocycles. The van der Waals surface area contributed by atoms with Crippen LogP contribution in [0.15, 0.2) is 65.2 Å². The van der Waals surface area contributed by atoms with E-state index in [-0.39, 0.29) is 18.0 Å². The van der Waals surface area contributed by atoms with Gasteiger partial charge in [-0.25, -0.2) is 4.79 Å². The normalized spacial score (nSPS) is 10.2. The lowest BCUT2D eigenvalue weighted by atomic mass is 10.1. The monoisotopic (exact) mass is 344 g/mol. The summed E-state index contributed by atoms with van der Waals surface area (Å²) in [7, 11) is 0. The maximum Gasteiger partial charge on any atom is 0.335 e. The first kappa shape index (κ1) is 17.7. The Bertz CT molecular complexity index is 803. The largest absolute Gasteiger partial charge is 0.478 e. The van der Waals surface area contributed by atoms with Crippen molar-refractivity contribution >= 4 is 18.4 Å². The summed E-state index contributed by atoms with van der Waals surface area (Å²) in [5.74, 6) is 0.495. The summed E-state index contributed by atoms with van der Waals surface area (Å²) in [6.07, 6.45) is 1.76. The Kier molecular flexibility index (Phi) is 6.12. The highest BCUT2D eigenvalue weighted by atomic mass is 35.5. The summed E-state index contributed by atoms with van der Waals surface area (Å²) >= 11 is 0. The Morgan fingerprint density at radius 1 is 1.08 bits per heavy atom. The molecule has 0 spiro atoms. The van der Waals surface area contributed by atoms with Gasteiger partial charge in [0.05, 0.1) is 17.8 Å². The topological polar surface area (TPSA) is 75.4 Å². The molecule has 5 nitrogen and oxygen atoms in total. The number of rotatable bonds is 6. The molecule has 0 aliphatic carbocycles. The van der Waals surface area contributed by atoms with Gasteiger partial charge < -0.3 is 14.8 Å². The van der Waals surface area contributed by atoms with Gasteiger partial charge in [-0.1, -0.05) is 18.2 Å². The fourth-order valence-electron chi connectivity index (χ4n) is 2.25. The fourth-order valence-corrected chi connectivity index (χ4v) is 2.25. The Hall–Kier alpha value is -2.63. The predicted octanol–water partition coefficient (Wildman–Crippen LogP) is 3.75. The van der Waals surface area contributed by atoms with Crippen LogP contribution < -0.4 is 5.32 Å². The minimum atomic E-state index is -0.948. The molecule has 0 atom stereocenters. The van der Waals surface area contributed by atoms with Crippen LogP contribution in [0.2, 0.25) is 0 Å². The number of carboxylic acids is 1. The van der Waals surface area contributed by atoms with Gasteiger partial charge in [0, 0.05) is 18.3 Å². The van der Waals surface area contributed by atoms with Gasteiger partial charge >= 0.3 is 5.97 Å². The van der Waals surface area contributed by atoms with Crippen molar-refractivity contribution in [2.75, 3.05) is 0 Å². The van der Waals surface area contributed by atoms with Crippen LogP contribution in [0.3, 0.4) is 0 Å². The third-order valence-electron chi connectivity index (χ3n) is 3.39. The second-order valence-electron chi connectivity index (χ2n) is 5.08. The van der Waals surface area contributed by atoms with Crippen molar-refractivity contribution in [2.45, 2.75) is 13.1 Å². The van der Waals surface area contributed by atoms with Crippen molar-refractivity contribution in [3.05, 3.63) is 77.8 Å². The molecule has 2 N–H and O–H groups in total. The number of aromatic carboxylic acids is 1. The highest BCUT2D eigenvalue weighted by molar-refractivity contribution is 5.89. The molecule has 124 valence electrons. The third-order valence-corrected chi connectivity index (χ3v) is 3.39. The summed E-state index contributed by atoms with van der Waals surface area (Å²) < 4.78 is 5.77. The van der Waals surface area contributed by atoms with E-state index < -0.39 is 5.97 Å². The van der Waals surface area contributed by atoms with Crippen LogP contribution in [-0.2, 0) is 13.1 Å². The molecule has 0 unspecified atom stereocenters. The number of pyridine rings is 1. The molecule has 1 aromatic carbocycles. The second kappa shape index (κ2) is 8.29. The number of carboxylic acid groups (broad SMARTS) is 1. The maximum absolute atomic E-state index is 11.0. The maximum atomic E-state index is 11.0. The van der Waals surface area contributed by atoms with Crippen molar-refractivity contribution < 1.29 is 14.3 Å². The van der Waals surface area contributed by atoms with Gasteiger partial charge in [0.25, 0.3) is 0 Å². The van der Waals surface area contributed by atoms with Gasteiger partial charge in [0.2, 0.25) is 0 Å². The molecule has 0 fully saturated rings. The number of furan rings is 1. The van der Waals surface area contributed by atoms with E-state index in [1.54, 1.807) is 24.4 Å². The van der Waals surface area contributed by atoms with Crippen molar-refractivity contribution in [2.24, 2.45) is 0 Å². The lowest BCUT2D eigenvalue weighted by molar-refractivity contribution is 0.0697. The van der Waals surface area contributed by atoms with Gasteiger partial charge in [-0.15, -0.1) is 12.4 Å². The van der Waals surface area contributed by atoms with E-state index in [2.05, 4.69) is 10.3 Å². The number of hydrogen-bond acceptors (Lipinski definition) is 4. The molecule has 0 radical (unpaired) electrons. The van der Waals surface area contributed by atoms with Crippen molar-refractivity contribution in [3.63, 3.8) is 0 Å². The first-order chi connectivity index (χ1) is 11.2. The molecule has 0 amide bonds. The van der Waals surface area contributed by atoms with Gasteiger partial charge in [-0.05, 0) is 36.4 Å². The number of nitrogens with one attached hydrogen (secondary N) is 1. The van der Waals surface area contributed by atoms with E-state index in [0.29, 0.717) is 18.8 Å². The Balaban J connectivity index is 0.00000208. The van der Waals surface area contributed by atoms with Crippen LogP contribution in [-0.4, -0.2) is 16.1 Å². The Morgan fingerprint density at radius 2 is 1.96 bits per heavy atom. The summed E-state index contributed by atoms with van der Waals surface area (Å²) in [5.41, 5.74) is 1.96. The van der Waals surface area contributed by atoms with Gasteiger partial charge in [-0.3, -0.25) is 4.98 Å². The molecule has 24 heavy (non-hydrogen) atoms. The van der Waals surface area contributed by atoms with Gasteiger partial charge in [-0.2, -0.15) is 0 Å². The van der Waals surface area contributed by atoms with Crippen molar-refractivity contribution in [1.29, 1.82) is 0 Å². The number of aromatic nitrogens is 1. The van der Waals surface area contributed by atoms with Gasteiger partial charge in [0.1, 0.15) is 11.5 Å². The first-order valence-electron chi connectivity index (χ1n) is 7.25. The minimum absolute atomic E-state index is 0. The van der Waals surface area contributed by atoms with Crippen LogP contribution in [0, 0.1) is 0 Å². The molecule has 0 bridgehead atoms. The molecule has 3 aromatic rings. The molecule has 6 heteroatoms. The lowest BCUT2D eigenvalue weighted by Crippen LogP contribution is -2.12. The number of nitrogens with zero attached hydrogens (tertiary/aromatic N) is 1. The van der Waals surface area contributed by atoms with E-state index in [4.69, 9.17) is 9.52 Å². The Labute approximate surface area is 145 Å². The molecule has 2 heterocycles. The van der Waals surface area contributed by atoms with E-state index in [0.717, 1.165) is 17.0 Å². The summed E-state index contributed by atoms with van der Waals surface area (Å²) in [5, 5.41) is 12.3. The standard InChI is InChI=1S/C18H16N2O3.ClH/c21-18(22)14-5-3-4-13(10-14)17-8-7-16(23-17)12-19-11-15-6-1-2-9-20-15;/h1-10,19H,11-12H2,(H,21,22);1H. The highest BCUT2D eigenvalue weighted by Gasteiger charge is 2.08. The third kappa shape index (κ3) is 4.44. The second-order valence-corrected chi connectivity index (χ2v) is 5.08. The van der Waals surface area contributed by atoms with Crippen LogP contribution >= 0.6 is 12.4 Å². The summed E-state index contributed by atoms with van der Waals surface area (Å²) in [4.78, 5) is 15.3. The van der Waals surface area contributed by atoms with E-state index in [1.807, 2.05) is 36.4 Å². The fraction of sp³-hybridized carbons (Fsp3) is 0.111. The highest BCUT2D eigenvalue weighted by Crippen LogP contribution is 2.23. The van der Waals surface area contributed by atoms with Crippen LogP contribution in [0.4, 0.5) is 0 Å². The van der Waals surface area contributed by atoms with E-state index >= 15 is 0 Å². The summed E-state index contributed by atoms with van der Waals surface area (Å²) in [6.45, 7) is 1.24. The molecule has 2 aromatic heterocycles. The quantitative estimate of drug-likeness (QED) is 0.712. The van der Waals surface area contributed by atoms with Crippen molar-refractivity contribution in [3.8, 4) is 11.3 Å². The zero-order valence-corrected chi connectivity index (χ0v) is 13.6. The molecule has 0 saturated heterocycles. The summed E-state index contributed by atoms with van der Waals surface area (Å²) in [6, 6.07) is 16.2. The number of benzene rings is 1. The average molecular weight is 345 g/mol. The molecule has 0 saturated carbocycles. The smallest absolute Gasteiger partial charge is 0.335 e. The molecular weight excluding hydrogens is 328 g/mol. The molecule has 0 aliphatic rings. The van der Waals surface area contributed by atoms with E-state index in [1.165, 1.54) is 0 Å². The zero-order chi connectivity index (χ0) is 16.1. The average Bonchev–Trinajstić information content (AvgIpc) is 3.05. The van der Waals surface area contributed by atoms with Crippen LogP contribution in [0.5, 0.6) is 0 Å². The number of halogens is 1. The SMILES string of the molecule is Cl.O=C(O)c1cccc(-c2ccc(CNCc3ccccn3)o2)c1. The first-order valence-corrected chi connectivity index (χ1v) is 7.25. The number of hydrogen-bond donors (Lipinski definition) is 2. The van der Waals surface area contributed by atoms with E-state index in [9.17, 15) is 4.79 Å². The van der Waals surface area contributed by atoms with Gasteiger partial charge in [0.15, 0.2) is 0 Å². The van der Waals surface area contributed by atoms with Crippen molar-refractivity contribution in [1.82, 2.24) is 10.3 Å². The van der Waals surface area contributed by atoms with Crippen LogP contribution in [0.25, 0.3) is 11.3 Å². The lowest BCUT2D eigenvalue weighted by Gasteiger charge is -2.02. The molecular formula is C18H17ClN2O3. The predicted molar refractivity (Wildman–Crippen MR) is 93.1 cm³/mol. The van der Waals surface area contributed by atoms with Crippen LogP contribution in [0.1, 0.15) is 21.8 Å². The minimum Gasteiger partial charge on any atom is -0.478 e. The zero-order valence-electron chi connectivity index (χ0n) is 12.8. The number of carbonyl (C=O) groups is 1.